The first kappa shape index (κ1) is 25.0. The highest BCUT2D eigenvalue weighted by molar-refractivity contribution is 5.97. The van der Waals surface area contributed by atoms with Crippen molar-refractivity contribution in [2.75, 3.05) is 32.8 Å². The zero-order valence-corrected chi connectivity index (χ0v) is 18.7. The molecule has 184 valence electrons. The fourth-order valence-electron chi connectivity index (χ4n) is 3.76. The number of ether oxygens (including phenoxy) is 2. The van der Waals surface area contributed by atoms with Crippen LogP contribution in [0.3, 0.4) is 0 Å². The van der Waals surface area contributed by atoms with Crippen molar-refractivity contribution in [1.82, 2.24) is 4.90 Å². The molecular weight excluding hydrogens is 448 g/mol. The third-order valence-corrected chi connectivity index (χ3v) is 5.73. The maximum absolute atomic E-state index is 14.0. The molecule has 1 saturated heterocycles. The lowest BCUT2D eigenvalue weighted by atomic mass is 9.97. The number of likely N-dealkylation sites (tertiary alicyclic amines) is 1. The largest absolute Gasteiger partial charge is 0.493 e. The SMILES string of the molecule is NC(=NO)c1ccc(OCCCN2CCC(COc3ccc(C(N)=NO)c(F)c3)CC2)cc1F. The van der Waals surface area contributed by atoms with Crippen molar-refractivity contribution in [2.45, 2.75) is 19.3 Å². The summed E-state index contributed by atoms with van der Waals surface area (Å²) >= 11 is 0. The molecule has 0 saturated carbocycles. The molecule has 2 aromatic carbocycles. The predicted octanol–water partition coefficient (Wildman–Crippen LogP) is 2.71. The Morgan fingerprint density at radius 2 is 1.44 bits per heavy atom. The number of amidine groups is 2. The highest BCUT2D eigenvalue weighted by atomic mass is 19.1. The van der Waals surface area contributed by atoms with E-state index in [1.54, 1.807) is 12.1 Å². The van der Waals surface area contributed by atoms with E-state index >= 15 is 0 Å². The molecule has 6 N–H and O–H groups in total. The molecule has 1 aliphatic heterocycles. The molecule has 0 spiro atoms. The van der Waals surface area contributed by atoms with Crippen LogP contribution in [-0.4, -0.2) is 59.8 Å². The summed E-state index contributed by atoms with van der Waals surface area (Å²) in [5.74, 6) is -0.631. The van der Waals surface area contributed by atoms with Gasteiger partial charge in [-0.1, -0.05) is 10.3 Å². The van der Waals surface area contributed by atoms with Gasteiger partial charge in [-0.05, 0) is 62.5 Å². The van der Waals surface area contributed by atoms with Gasteiger partial charge in [-0.15, -0.1) is 0 Å². The van der Waals surface area contributed by atoms with Crippen LogP contribution < -0.4 is 20.9 Å². The lowest BCUT2D eigenvalue weighted by molar-refractivity contribution is 0.135. The Balaban J connectivity index is 1.34. The van der Waals surface area contributed by atoms with Crippen molar-refractivity contribution >= 4 is 11.7 Å². The molecule has 3 rings (SSSR count). The van der Waals surface area contributed by atoms with Crippen LogP contribution in [0.25, 0.3) is 0 Å². The molecular formula is C23H29F2N5O4. The average molecular weight is 478 g/mol. The standard InChI is InChI=1S/C23H29F2N5O4/c24-20-12-16(2-4-18(20)22(26)28-31)33-11-1-8-30-9-6-15(7-10-30)14-34-17-3-5-19(21(25)13-17)23(27)29-32/h2-5,12-13,15,31-32H,1,6-11,14H2,(H2,26,28)(H2,27,29). The van der Waals surface area contributed by atoms with Crippen molar-refractivity contribution in [2.24, 2.45) is 27.7 Å². The van der Waals surface area contributed by atoms with E-state index in [-0.39, 0.29) is 22.8 Å². The molecule has 0 atom stereocenters. The van der Waals surface area contributed by atoms with E-state index in [1.807, 2.05) is 0 Å². The monoisotopic (exact) mass is 477 g/mol. The molecule has 9 nitrogen and oxygen atoms in total. The first-order chi connectivity index (χ1) is 16.4. The minimum absolute atomic E-state index is 0.0182. The Labute approximate surface area is 196 Å². The normalized spacial score (nSPS) is 15.9. The Kier molecular flexibility index (Phi) is 8.86. The molecule has 0 unspecified atom stereocenters. The van der Waals surface area contributed by atoms with Gasteiger partial charge in [-0.25, -0.2) is 8.78 Å². The second-order valence-corrected chi connectivity index (χ2v) is 8.05. The molecule has 0 aliphatic carbocycles. The number of nitrogens with zero attached hydrogens (tertiary/aromatic N) is 3. The molecule has 0 bridgehead atoms. The van der Waals surface area contributed by atoms with E-state index in [0.717, 1.165) is 38.9 Å². The van der Waals surface area contributed by atoms with E-state index in [9.17, 15) is 8.78 Å². The highest BCUT2D eigenvalue weighted by Gasteiger charge is 2.20. The third-order valence-electron chi connectivity index (χ3n) is 5.73. The molecule has 1 heterocycles. The van der Waals surface area contributed by atoms with Crippen molar-refractivity contribution in [1.29, 1.82) is 0 Å². The lowest BCUT2D eigenvalue weighted by Crippen LogP contribution is -2.36. The van der Waals surface area contributed by atoms with Crippen molar-refractivity contribution in [3.63, 3.8) is 0 Å². The molecule has 1 fully saturated rings. The number of piperidine rings is 1. The Morgan fingerprint density at radius 3 is 1.94 bits per heavy atom. The van der Waals surface area contributed by atoms with E-state index < -0.39 is 11.6 Å². The fraction of sp³-hybridized carbons (Fsp3) is 0.391. The van der Waals surface area contributed by atoms with Crippen LogP contribution in [0.5, 0.6) is 11.5 Å². The van der Waals surface area contributed by atoms with Gasteiger partial charge >= 0.3 is 0 Å². The third kappa shape index (κ3) is 6.70. The van der Waals surface area contributed by atoms with Crippen LogP contribution in [0.4, 0.5) is 8.78 Å². The number of rotatable bonds is 10. The number of hydrogen-bond acceptors (Lipinski definition) is 7. The van der Waals surface area contributed by atoms with Crippen LogP contribution in [0.1, 0.15) is 30.4 Å². The molecule has 2 aromatic rings. The van der Waals surface area contributed by atoms with Gasteiger partial charge in [-0.3, -0.25) is 0 Å². The highest BCUT2D eigenvalue weighted by Crippen LogP contribution is 2.22. The van der Waals surface area contributed by atoms with Gasteiger partial charge in [0.2, 0.25) is 0 Å². The summed E-state index contributed by atoms with van der Waals surface area (Å²) < 4.78 is 39.4. The zero-order chi connectivity index (χ0) is 24.5. The maximum atomic E-state index is 14.0. The summed E-state index contributed by atoms with van der Waals surface area (Å²) in [6.45, 7) is 3.64. The van der Waals surface area contributed by atoms with Gasteiger partial charge in [0.05, 0.1) is 24.3 Å². The Bertz CT molecular complexity index is 1030. The molecule has 1 aliphatic rings. The fourth-order valence-corrected chi connectivity index (χ4v) is 3.76. The first-order valence-electron chi connectivity index (χ1n) is 10.9. The van der Waals surface area contributed by atoms with Gasteiger partial charge in [0, 0.05) is 18.7 Å². The minimum Gasteiger partial charge on any atom is -0.493 e. The van der Waals surface area contributed by atoms with E-state index in [2.05, 4.69) is 15.2 Å². The van der Waals surface area contributed by atoms with Gasteiger partial charge in [0.15, 0.2) is 11.7 Å². The summed E-state index contributed by atoms with van der Waals surface area (Å²) in [5, 5.41) is 22.9. The second-order valence-electron chi connectivity index (χ2n) is 8.05. The van der Waals surface area contributed by atoms with E-state index in [0.29, 0.717) is 30.6 Å². The second kappa shape index (κ2) is 12.0. The number of halogens is 2. The first-order valence-corrected chi connectivity index (χ1v) is 10.9. The van der Waals surface area contributed by atoms with E-state index in [1.165, 1.54) is 24.3 Å². The summed E-state index contributed by atoms with van der Waals surface area (Å²) in [6, 6.07) is 8.46. The van der Waals surface area contributed by atoms with Gasteiger partial charge in [0.1, 0.15) is 23.1 Å². The number of hydrogen-bond donors (Lipinski definition) is 4. The predicted molar refractivity (Wildman–Crippen MR) is 123 cm³/mol. The Morgan fingerprint density at radius 1 is 0.912 bits per heavy atom. The maximum Gasteiger partial charge on any atom is 0.173 e. The molecule has 0 radical (unpaired) electrons. The molecule has 34 heavy (non-hydrogen) atoms. The Hall–Kier alpha value is -3.60. The van der Waals surface area contributed by atoms with Gasteiger partial charge in [0.25, 0.3) is 0 Å². The lowest BCUT2D eigenvalue weighted by Gasteiger charge is -2.31. The molecule has 11 heteroatoms. The number of nitrogens with two attached hydrogens (primary N) is 2. The van der Waals surface area contributed by atoms with Gasteiger partial charge in [-0.2, -0.15) is 0 Å². The van der Waals surface area contributed by atoms with Crippen LogP contribution in [0.15, 0.2) is 46.7 Å². The zero-order valence-electron chi connectivity index (χ0n) is 18.7. The quantitative estimate of drug-likeness (QED) is 0.136. The smallest absolute Gasteiger partial charge is 0.173 e. The van der Waals surface area contributed by atoms with Crippen LogP contribution in [0, 0.1) is 17.6 Å². The number of benzene rings is 2. The van der Waals surface area contributed by atoms with Crippen LogP contribution >= 0.6 is 0 Å². The van der Waals surface area contributed by atoms with Crippen molar-refractivity contribution < 1.29 is 28.7 Å². The summed E-state index contributed by atoms with van der Waals surface area (Å²) in [6.07, 6.45) is 2.72. The van der Waals surface area contributed by atoms with Crippen molar-refractivity contribution in [3.8, 4) is 11.5 Å². The van der Waals surface area contributed by atoms with E-state index in [4.69, 9.17) is 31.4 Å². The summed E-state index contributed by atoms with van der Waals surface area (Å²) in [5.41, 5.74) is 10.9. The molecule has 0 amide bonds. The topological polar surface area (TPSA) is 139 Å². The van der Waals surface area contributed by atoms with Crippen LogP contribution in [-0.2, 0) is 0 Å². The van der Waals surface area contributed by atoms with Gasteiger partial charge < -0.3 is 36.3 Å². The average Bonchev–Trinajstić information content (AvgIpc) is 2.85. The summed E-state index contributed by atoms with van der Waals surface area (Å²) in [7, 11) is 0. The van der Waals surface area contributed by atoms with Crippen LogP contribution in [0.2, 0.25) is 0 Å². The molecule has 0 aromatic heterocycles. The van der Waals surface area contributed by atoms with Crippen molar-refractivity contribution in [3.05, 3.63) is 59.2 Å². The minimum atomic E-state index is -0.612. The number of oxime groups is 2. The summed E-state index contributed by atoms with van der Waals surface area (Å²) in [4.78, 5) is 2.34.